The van der Waals surface area contributed by atoms with Gasteiger partial charge in [-0.2, -0.15) is 0 Å². The zero-order chi connectivity index (χ0) is 12.2. The van der Waals surface area contributed by atoms with Crippen LogP contribution in [0.2, 0.25) is 0 Å². The number of fused-ring (bicyclic) bond motifs is 5. The summed E-state index contributed by atoms with van der Waals surface area (Å²) in [6.45, 7) is 2.54. The van der Waals surface area contributed by atoms with Gasteiger partial charge in [-0.25, -0.2) is 0 Å². The van der Waals surface area contributed by atoms with Crippen molar-refractivity contribution in [3.63, 3.8) is 0 Å². The van der Waals surface area contributed by atoms with Gasteiger partial charge in [0.2, 0.25) is 0 Å². The van der Waals surface area contributed by atoms with Crippen LogP contribution in [0.3, 0.4) is 0 Å². The van der Waals surface area contributed by atoms with E-state index in [4.69, 9.17) is 0 Å². The van der Waals surface area contributed by atoms with E-state index >= 15 is 0 Å². The molecule has 2 saturated carbocycles. The first-order chi connectivity index (χ1) is 8.78. The Morgan fingerprint density at radius 3 is 2.94 bits per heavy atom. The van der Waals surface area contributed by atoms with E-state index in [-0.39, 0.29) is 0 Å². The maximum Gasteiger partial charge on any atom is -0.0110 e. The van der Waals surface area contributed by atoms with Crippen LogP contribution in [0.4, 0.5) is 0 Å². The van der Waals surface area contributed by atoms with Crippen molar-refractivity contribution in [1.29, 1.82) is 0 Å². The normalized spacial score (nSPS) is 46.6. The van der Waals surface area contributed by atoms with Crippen molar-refractivity contribution in [2.24, 2.45) is 23.2 Å². The van der Waals surface area contributed by atoms with Gasteiger partial charge in [-0.05, 0) is 74.5 Å². The third kappa shape index (κ3) is 1.50. The molecule has 0 aromatic heterocycles. The first-order valence-electron chi connectivity index (χ1n) is 8.17. The number of hydrogen-bond acceptors (Lipinski definition) is 0. The van der Waals surface area contributed by atoms with Crippen LogP contribution in [0.15, 0.2) is 23.3 Å². The number of allylic oxidation sites excluding steroid dienone is 4. The molecular formula is C18H26. The molecule has 98 valence electrons. The van der Waals surface area contributed by atoms with Crippen molar-refractivity contribution >= 4 is 0 Å². The maximum absolute atomic E-state index is 2.65. The minimum Gasteiger partial charge on any atom is -0.0844 e. The van der Waals surface area contributed by atoms with Gasteiger partial charge in [0.05, 0.1) is 0 Å². The summed E-state index contributed by atoms with van der Waals surface area (Å²) in [6.07, 6.45) is 18.3. The fourth-order valence-corrected chi connectivity index (χ4v) is 5.59. The molecule has 18 heavy (non-hydrogen) atoms. The summed E-state index contributed by atoms with van der Waals surface area (Å²) in [7, 11) is 0. The third-order valence-electron chi connectivity index (χ3n) is 6.56. The van der Waals surface area contributed by atoms with Crippen LogP contribution < -0.4 is 0 Å². The smallest absolute Gasteiger partial charge is 0.0110 e. The van der Waals surface area contributed by atoms with Crippen LogP contribution in [0.25, 0.3) is 0 Å². The molecule has 0 unspecified atom stereocenters. The minimum atomic E-state index is 0.598. The van der Waals surface area contributed by atoms with Gasteiger partial charge >= 0.3 is 0 Å². The standard InChI is InChI=1S/C18H26/c1-18-11-4-7-17(18)16-9-8-13-5-2-3-6-14(13)15(16)10-12-18/h7-8,14-16H,2-6,9-12H2,1H3/t14-,15+,16+,18-/m0/s1. The average Bonchev–Trinajstić information content (AvgIpc) is 2.80. The predicted molar refractivity (Wildman–Crippen MR) is 76.3 cm³/mol. The zero-order valence-electron chi connectivity index (χ0n) is 11.8. The Morgan fingerprint density at radius 2 is 2.00 bits per heavy atom. The summed E-state index contributed by atoms with van der Waals surface area (Å²) in [5.74, 6) is 2.92. The zero-order valence-corrected chi connectivity index (χ0v) is 11.8. The molecular weight excluding hydrogens is 216 g/mol. The lowest BCUT2D eigenvalue weighted by molar-refractivity contribution is 0.129. The van der Waals surface area contributed by atoms with Gasteiger partial charge in [-0.15, -0.1) is 0 Å². The first kappa shape index (κ1) is 11.3. The lowest BCUT2D eigenvalue weighted by atomic mass is 9.55. The van der Waals surface area contributed by atoms with Gasteiger partial charge in [0.25, 0.3) is 0 Å². The van der Waals surface area contributed by atoms with Crippen molar-refractivity contribution in [2.75, 3.05) is 0 Å². The second-order valence-electron chi connectivity index (χ2n) is 7.43. The highest BCUT2D eigenvalue weighted by molar-refractivity contribution is 5.30. The van der Waals surface area contributed by atoms with Crippen molar-refractivity contribution in [2.45, 2.75) is 64.7 Å². The molecule has 0 spiro atoms. The minimum absolute atomic E-state index is 0.598. The Morgan fingerprint density at radius 1 is 1.06 bits per heavy atom. The lowest BCUT2D eigenvalue weighted by Gasteiger charge is -2.49. The quantitative estimate of drug-likeness (QED) is 0.508. The van der Waals surface area contributed by atoms with Gasteiger partial charge in [-0.3, -0.25) is 0 Å². The molecule has 0 heterocycles. The van der Waals surface area contributed by atoms with E-state index in [1.54, 1.807) is 0 Å². The van der Waals surface area contributed by atoms with Gasteiger partial charge in [0, 0.05) is 0 Å². The monoisotopic (exact) mass is 242 g/mol. The fourth-order valence-electron chi connectivity index (χ4n) is 5.59. The molecule has 4 aliphatic carbocycles. The first-order valence-corrected chi connectivity index (χ1v) is 8.17. The van der Waals surface area contributed by atoms with Crippen LogP contribution in [0, 0.1) is 23.2 Å². The fraction of sp³-hybridized carbons (Fsp3) is 0.778. The largest absolute Gasteiger partial charge is 0.0844 e. The second kappa shape index (κ2) is 3.99. The Kier molecular flexibility index (Phi) is 2.51. The van der Waals surface area contributed by atoms with Gasteiger partial charge in [0.1, 0.15) is 0 Å². The Balaban J connectivity index is 1.68. The molecule has 2 fully saturated rings. The third-order valence-corrected chi connectivity index (χ3v) is 6.56. The van der Waals surface area contributed by atoms with E-state index in [0.717, 1.165) is 17.8 Å². The molecule has 4 aliphatic rings. The molecule has 0 radical (unpaired) electrons. The van der Waals surface area contributed by atoms with E-state index in [0.29, 0.717) is 5.41 Å². The number of hydrogen-bond donors (Lipinski definition) is 0. The summed E-state index contributed by atoms with van der Waals surface area (Å²) in [5, 5.41) is 0. The molecule has 0 aromatic rings. The van der Waals surface area contributed by atoms with E-state index in [1.807, 2.05) is 11.1 Å². The molecule has 0 amide bonds. The van der Waals surface area contributed by atoms with E-state index in [9.17, 15) is 0 Å². The molecule has 0 aromatic carbocycles. The molecule has 0 aliphatic heterocycles. The summed E-state index contributed by atoms with van der Waals surface area (Å²) >= 11 is 0. The SMILES string of the molecule is C[C@@]12CCC=C1[C@@H]1CC=C3CCCC[C@@H]3[C@H]1CC2. The van der Waals surface area contributed by atoms with Crippen molar-refractivity contribution in [3.8, 4) is 0 Å². The summed E-state index contributed by atoms with van der Waals surface area (Å²) in [4.78, 5) is 0. The highest BCUT2D eigenvalue weighted by Gasteiger charge is 2.47. The van der Waals surface area contributed by atoms with Crippen molar-refractivity contribution in [1.82, 2.24) is 0 Å². The molecule has 0 saturated heterocycles. The number of rotatable bonds is 0. The highest BCUT2D eigenvalue weighted by Crippen LogP contribution is 2.58. The molecule has 4 atom stereocenters. The second-order valence-corrected chi connectivity index (χ2v) is 7.43. The molecule has 0 bridgehead atoms. The van der Waals surface area contributed by atoms with Crippen molar-refractivity contribution in [3.05, 3.63) is 23.3 Å². The Labute approximate surface area is 112 Å². The van der Waals surface area contributed by atoms with Gasteiger partial charge in [-0.1, -0.05) is 36.6 Å². The van der Waals surface area contributed by atoms with Crippen LogP contribution in [0.1, 0.15) is 64.7 Å². The van der Waals surface area contributed by atoms with E-state index in [1.165, 1.54) is 57.8 Å². The van der Waals surface area contributed by atoms with E-state index in [2.05, 4.69) is 19.1 Å². The predicted octanol–water partition coefficient (Wildman–Crippen LogP) is 5.26. The summed E-state index contributed by atoms with van der Waals surface area (Å²) in [6, 6.07) is 0. The Bertz CT molecular complexity index is 414. The van der Waals surface area contributed by atoms with Crippen molar-refractivity contribution < 1.29 is 0 Å². The van der Waals surface area contributed by atoms with E-state index < -0.39 is 0 Å². The van der Waals surface area contributed by atoms with Crippen LogP contribution in [-0.4, -0.2) is 0 Å². The maximum atomic E-state index is 2.65. The highest BCUT2D eigenvalue weighted by atomic mass is 14.5. The van der Waals surface area contributed by atoms with Crippen LogP contribution >= 0.6 is 0 Å². The van der Waals surface area contributed by atoms with Gasteiger partial charge < -0.3 is 0 Å². The molecule has 0 nitrogen and oxygen atoms in total. The van der Waals surface area contributed by atoms with Gasteiger partial charge in [0.15, 0.2) is 0 Å². The van der Waals surface area contributed by atoms with Crippen LogP contribution in [0.5, 0.6) is 0 Å². The molecule has 0 heteroatoms. The summed E-state index contributed by atoms with van der Waals surface area (Å²) < 4.78 is 0. The lowest BCUT2D eigenvalue weighted by Crippen LogP contribution is -2.39. The molecule has 0 N–H and O–H groups in total. The Hall–Kier alpha value is -0.520. The molecule has 4 rings (SSSR count). The topological polar surface area (TPSA) is 0 Å². The summed E-state index contributed by atoms with van der Waals surface area (Å²) in [5.41, 5.74) is 4.32. The average molecular weight is 242 g/mol. The van der Waals surface area contributed by atoms with Crippen LogP contribution in [-0.2, 0) is 0 Å².